The standard InChI is InChI=1S/C14H14N4O4/c1-21-10-5-9(6-11(7-10)22-2)13(19)17-18-14(20)12-8-15-3-4-16-12/h3-8H,1-2H3,(H,17,19)(H,18,20). The molecule has 0 bridgehead atoms. The number of carbonyl (C=O) groups excluding carboxylic acids is 2. The lowest BCUT2D eigenvalue weighted by molar-refractivity contribution is 0.0843. The smallest absolute Gasteiger partial charge is 0.289 e. The number of amides is 2. The highest BCUT2D eigenvalue weighted by atomic mass is 16.5. The number of benzene rings is 1. The van der Waals surface area contributed by atoms with Gasteiger partial charge >= 0.3 is 0 Å². The number of nitrogens with one attached hydrogen (secondary N) is 2. The first-order valence-corrected chi connectivity index (χ1v) is 6.24. The second kappa shape index (κ2) is 7.02. The van der Waals surface area contributed by atoms with Crippen molar-refractivity contribution in [1.29, 1.82) is 0 Å². The molecule has 2 rings (SSSR count). The summed E-state index contributed by atoms with van der Waals surface area (Å²) in [6, 6.07) is 4.67. The van der Waals surface area contributed by atoms with Gasteiger partial charge in [0, 0.05) is 24.0 Å². The van der Waals surface area contributed by atoms with E-state index in [0.29, 0.717) is 11.5 Å². The second-order valence-electron chi connectivity index (χ2n) is 4.10. The molecular weight excluding hydrogens is 288 g/mol. The number of nitrogens with zero attached hydrogens (tertiary/aromatic N) is 2. The zero-order chi connectivity index (χ0) is 15.9. The maximum Gasteiger partial charge on any atom is 0.289 e. The lowest BCUT2D eigenvalue weighted by Gasteiger charge is -2.09. The Labute approximate surface area is 126 Å². The van der Waals surface area contributed by atoms with Gasteiger partial charge in [-0.15, -0.1) is 0 Å². The molecule has 0 saturated carbocycles. The van der Waals surface area contributed by atoms with Crippen LogP contribution in [-0.4, -0.2) is 36.0 Å². The van der Waals surface area contributed by atoms with Crippen molar-refractivity contribution in [2.45, 2.75) is 0 Å². The lowest BCUT2D eigenvalue weighted by atomic mass is 10.2. The zero-order valence-electron chi connectivity index (χ0n) is 12.0. The van der Waals surface area contributed by atoms with Gasteiger partial charge < -0.3 is 9.47 Å². The van der Waals surface area contributed by atoms with Crippen LogP contribution in [0.5, 0.6) is 11.5 Å². The fourth-order valence-corrected chi connectivity index (χ4v) is 1.60. The molecule has 0 aliphatic rings. The fourth-order valence-electron chi connectivity index (χ4n) is 1.60. The van der Waals surface area contributed by atoms with Gasteiger partial charge in [-0.25, -0.2) is 4.98 Å². The van der Waals surface area contributed by atoms with Crippen LogP contribution < -0.4 is 20.3 Å². The molecule has 2 N–H and O–H groups in total. The van der Waals surface area contributed by atoms with Crippen LogP contribution >= 0.6 is 0 Å². The van der Waals surface area contributed by atoms with Crippen molar-refractivity contribution < 1.29 is 19.1 Å². The van der Waals surface area contributed by atoms with Gasteiger partial charge in [0.2, 0.25) is 0 Å². The SMILES string of the molecule is COc1cc(OC)cc(C(=O)NNC(=O)c2cnccn2)c1. The molecule has 0 fully saturated rings. The van der Waals surface area contributed by atoms with Gasteiger partial charge in [0.25, 0.3) is 11.8 Å². The maximum atomic E-state index is 12.0. The summed E-state index contributed by atoms with van der Waals surface area (Å²) in [6.07, 6.45) is 4.11. The summed E-state index contributed by atoms with van der Waals surface area (Å²) in [5.41, 5.74) is 4.89. The minimum Gasteiger partial charge on any atom is -0.497 e. The molecule has 1 aromatic carbocycles. The van der Waals surface area contributed by atoms with Crippen LogP contribution in [0.1, 0.15) is 20.8 Å². The van der Waals surface area contributed by atoms with Crippen LogP contribution in [0.3, 0.4) is 0 Å². The van der Waals surface area contributed by atoms with Gasteiger partial charge in [-0.3, -0.25) is 25.4 Å². The van der Waals surface area contributed by atoms with Crippen LogP contribution in [0.15, 0.2) is 36.8 Å². The summed E-state index contributed by atoms with van der Waals surface area (Å²) >= 11 is 0. The molecule has 8 nitrogen and oxygen atoms in total. The number of hydrogen-bond acceptors (Lipinski definition) is 6. The van der Waals surface area contributed by atoms with Crippen LogP contribution in [0.25, 0.3) is 0 Å². The molecule has 0 atom stereocenters. The third-order valence-corrected chi connectivity index (χ3v) is 2.70. The van der Waals surface area contributed by atoms with Crippen LogP contribution in [-0.2, 0) is 0 Å². The van der Waals surface area contributed by atoms with E-state index in [1.165, 1.54) is 44.9 Å². The zero-order valence-corrected chi connectivity index (χ0v) is 12.0. The van der Waals surface area contributed by atoms with Crippen molar-refractivity contribution in [2.24, 2.45) is 0 Å². The van der Waals surface area contributed by atoms with Crippen molar-refractivity contribution >= 4 is 11.8 Å². The number of ether oxygens (including phenoxy) is 2. The highest BCUT2D eigenvalue weighted by Gasteiger charge is 2.12. The normalized spacial score (nSPS) is 9.73. The average molecular weight is 302 g/mol. The number of hydrazine groups is 1. The summed E-state index contributed by atoms with van der Waals surface area (Å²) < 4.78 is 10.2. The van der Waals surface area contributed by atoms with Crippen molar-refractivity contribution in [3.63, 3.8) is 0 Å². The molecular formula is C14H14N4O4. The van der Waals surface area contributed by atoms with E-state index >= 15 is 0 Å². The quantitative estimate of drug-likeness (QED) is 0.800. The van der Waals surface area contributed by atoms with E-state index in [1.54, 1.807) is 6.07 Å². The summed E-state index contributed by atoms with van der Waals surface area (Å²) in [7, 11) is 2.96. The molecule has 1 heterocycles. The number of methoxy groups -OCH3 is 2. The molecule has 0 radical (unpaired) electrons. The summed E-state index contributed by atoms with van der Waals surface area (Å²) in [5, 5.41) is 0. The summed E-state index contributed by atoms with van der Waals surface area (Å²) in [4.78, 5) is 31.4. The van der Waals surface area contributed by atoms with Gasteiger partial charge in [-0.05, 0) is 12.1 Å². The monoisotopic (exact) mass is 302 g/mol. The Hall–Kier alpha value is -3.16. The number of aromatic nitrogens is 2. The molecule has 1 aromatic heterocycles. The third kappa shape index (κ3) is 3.69. The molecule has 8 heteroatoms. The molecule has 0 unspecified atom stereocenters. The number of carbonyl (C=O) groups is 2. The van der Waals surface area contributed by atoms with Crippen LogP contribution in [0, 0.1) is 0 Å². The predicted octanol–water partition coefficient (Wildman–Crippen LogP) is 0.569. The first-order chi connectivity index (χ1) is 10.6. The second-order valence-corrected chi connectivity index (χ2v) is 4.10. The third-order valence-electron chi connectivity index (χ3n) is 2.70. The minimum atomic E-state index is -0.573. The first-order valence-electron chi connectivity index (χ1n) is 6.24. The Morgan fingerprint density at radius 1 is 0.955 bits per heavy atom. The van der Waals surface area contributed by atoms with E-state index in [4.69, 9.17) is 9.47 Å². The van der Waals surface area contributed by atoms with Gasteiger partial charge in [0.1, 0.15) is 17.2 Å². The molecule has 22 heavy (non-hydrogen) atoms. The Kier molecular flexibility index (Phi) is 4.86. The van der Waals surface area contributed by atoms with Crippen molar-refractivity contribution in [2.75, 3.05) is 14.2 Å². The molecule has 0 aliphatic carbocycles. The van der Waals surface area contributed by atoms with Gasteiger partial charge in [-0.2, -0.15) is 0 Å². The Morgan fingerprint density at radius 3 is 2.14 bits per heavy atom. The Balaban J connectivity index is 2.05. The van der Waals surface area contributed by atoms with Gasteiger partial charge in [-0.1, -0.05) is 0 Å². The van der Waals surface area contributed by atoms with E-state index in [9.17, 15) is 9.59 Å². The van der Waals surface area contributed by atoms with Crippen LogP contribution in [0.2, 0.25) is 0 Å². The lowest BCUT2D eigenvalue weighted by Crippen LogP contribution is -2.42. The minimum absolute atomic E-state index is 0.0889. The summed E-state index contributed by atoms with van der Waals surface area (Å²) in [5.74, 6) is -0.166. The van der Waals surface area contributed by atoms with Crippen LogP contribution in [0.4, 0.5) is 0 Å². The number of hydrogen-bond donors (Lipinski definition) is 2. The number of rotatable bonds is 4. The van der Waals surface area contributed by atoms with Gasteiger partial charge in [0.15, 0.2) is 0 Å². The molecule has 0 saturated heterocycles. The van der Waals surface area contributed by atoms with E-state index in [1.807, 2.05) is 0 Å². The molecule has 2 amide bonds. The maximum absolute atomic E-state index is 12.0. The van der Waals surface area contributed by atoms with Crippen molar-refractivity contribution in [1.82, 2.24) is 20.8 Å². The van der Waals surface area contributed by atoms with E-state index in [-0.39, 0.29) is 11.3 Å². The topological polar surface area (TPSA) is 102 Å². The fraction of sp³-hybridized carbons (Fsp3) is 0.143. The van der Waals surface area contributed by atoms with E-state index in [2.05, 4.69) is 20.8 Å². The molecule has 0 spiro atoms. The molecule has 114 valence electrons. The summed E-state index contributed by atoms with van der Waals surface area (Å²) in [6.45, 7) is 0. The predicted molar refractivity (Wildman–Crippen MR) is 76.5 cm³/mol. The van der Waals surface area contributed by atoms with Gasteiger partial charge in [0.05, 0.1) is 20.4 Å². The highest BCUT2D eigenvalue weighted by molar-refractivity contribution is 5.98. The van der Waals surface area contributed by atoms with E-state index < -0.39 is 11.8 Å². The van der Waals surface area contributed by atoms with Crippen molar-refractivity contribution in [3.05, 3.63) is 48.0 Å². The average Bonchev–Trinajstić information content (AvgIpc) is 2.59. The van der Waals surface area contributed by atoms with Crippen molar-refractivity contribution in [3.8, 4) is 11.5 Å². The highest BCUT2D eigenvalue weighted by Crippen LogP contribution is 2.22. The molecule has 0 aliphatic heterocycles. The van der Waals surface area contributed by atoms with E-state index in [0.717, 1.165) is 0 Å². The molecule has 2 aromatic rings. The Morgan fingerprint density at radius 2 is 1.59 bits per heavy atom. The Bertz CT molecular complexity index is 654. The first kappa shape index (κ1) is 15.2. The largest absolute Gasteiger partial charge is 0.497 e.